The van der Waals surface area contributed by atoms with Gasteiger partial charge in [0.05, 0.1) is 15.6 Å². The minimum Gasteiger partial charge on any atom is -0.352 e. The Hall–Kier alpha value is -3.23. The molecule has 0 radical (unpaired) electrons. The molecule has 32 heavy (non-hydrogen) atoms. The van der Waals surface area contributed by atoms with E-state index in [4.69, 9.17) is 23.2 Å². The number of hydrogen-bond acceptors (Lipinski definition) is 6. The first kappa shape index (κ1) is 22.0. The van der Waals surface area contributed by atoms with Gasteiger partial charge in [0.15, 0.2) is 5.82 Å². The molecule has 164 valence electrons. The van der Waals surface area contributed by atoms with Crippen molar-refractivity contribution in [1.82, 2.24) is 15.1 Å². The van der Waals surface area contributed by atoms with Crippen LogP contribution in [0.25, 0.3) is 11.3 Å². The first-order valence-electron chi connectivity index (χ1n) is 9.92. The van der Waals surface area contributed by atoms with Crippen LogP contribution in [0.4, 0.5) is 11.5 Å². The third-order valence-electron chi connectivity index (χ3n) is 5.39. The Balaban J connectivity index is 1.41. The Morgan fingerprint density at radius 3 is 2.34 bits per heavy atom. The number of hydrogen-bond donors (Lipinski definition) is 0. The third-order valence-corrected chi connectivity index (χ3v) is 5.94. The molecular formula is C22H19Cl2N5O3. The lowest BCUT2D eigenvalue weighted by Crippen LogP contribution is -2.49. The van der Waals surface area contributed by atoms with Crippen LogP contribution < -0.4 is 4.90 Å². The molecule has 1 aromatic heterocycles. The van der Waals surface area contributed by atoms with E-state index in [1.165, 1.54) is 12.1 Å². The fraction of sp³-hybridized carbons (Fsp3) is 0.227. The van der Waals surface area contributed by atoms with Crippen molar-refractivity contribution in [3.05, 3.63) is 79.8 Å². The Bertz CT molecular complexity index is 1180. The number of nitrogens with zero attached hydrogens (tertiary/aromatic N) is 5. The Labute approximate surface area is 194 Å². The van der Waals surface area contributed by atoms with Gasteiger partial charge in [0.25, 0.3) is 11.6 Å². The van der Waals surface area contributed by atoms with Gasteiger partial charge in [-0.15, -0.1) is 10.2 Å². The van der Waals surface area contributed by atoms with Gasteiger partial charge in [-0.25, -0.2) is 0 Å². The van der Waals surface area contributed by atoms with E-state index >= 15 is 0 Å². The largest absolute Gasteiger partial charge is 0.352 e. The van der Waals surface area contributed by atoms with Crippen molar-refractivity contribution in [2.24, 2.45) is 0 Å². The summed E-state index contributed by atoms with van der Waals surface area (Å²) in [5.41, 5.74) is 2.33. The van der Waals surface area contributed by atoms with Gasteiger partial charge in [-0.2, -0.15) is 0 Å². The maximum absolute atomic E-state index is 12.8. The number of piperazine rings is 1. The van der Waals surface area contributed by atoms with Crippen LogP contribution in [0, 0.1) is 17.0 Å². The fourth-order valence-corrected chi connectivity index (χ4v) is 4.15. The highest BCUT2D eigenvalue weighted by atomic mass is 35.5. The number of rotatable bonds is 4. The highest BCUT2D eigenvalue weighted by Gasteiger charge is 2.24. The van der Waals surface area contributed by atoms with E-state index in [0.717, 1.165) is 11.4 Å². The highest BCUT2D eigenvalue weighted by molar-refractivity contribution is 6.36. The van der Waals surface area contributed by atoms with Gasteiger partial charge in [0.2, 0.25) is 0 Å². The lowest BCUT2D eigenvalue weighted by molar-refractivity contribution is -0.385. The number of carbonyl (C=O) groups is 1. The summed E-state index contributed by atoms with van der Waals surface area (Å²) in [4.78, 5) is 27.2. The zero-order valence-corrected chi connectivity index (χ0v) is 18.7. The van der Waals surface area contributed by atoms with Crippen LogP contribution in [0.5, 0.6) is 0 Å². The first-order chi connectivity index (χ1) is 15.3. The van der Waals surface area contributed by atoms with Gasteiger partial charge < -0.3 is 9.80 Å². The SMILES string of the molecule is Cc1cc(C(=O)N2CCN(c3ccc(-c4ccc(Cl)cc4Cl)nn3)CC2)ccc1[N+](=O)[O-]. The lowest BCUT2D eigenvalue weighted by atomic mass is 10.1. The van der Waals surface area contributed by atoms with E-state index in [1.807, 2.05) is 12.1 Å². The molecule has 0 atom stereocenters. The number of aromatic nitrogens is 2. The molecule has 2 aromatic carbocycles. The molecule has 0 N–H and O–H groups in total. The normalized spacial score (nSPS) is 13.8. The van der Waals surface area contributed by atoms with E-state index in [9.17, 15) is 14.9 Å². The topological polar surface area (TPSA) is 92.5 Å². The van der Waals surface area contributed by atoms with Crippen LogP contribution >= 0.6 is 23.2 Å². The summed E-state index contributed by atoms with van der Waals surface area (Å²) in [5, 5.41) is 20.7. The van der Waals surface area contributed by atoms with E-state index in [0.29, 0.717) is 53.0 Å². The zero-order chi connectivity index (χ0) is 22.8. The summed E-state index contributed by atoms with van der Waals surface area (Å²) < 4.78 is 0. The predicted octanol–water partition coefficient (Wildman–Crippen LogP) is 4.63. The molecule has 4 rings (SSSR count). The van der Waals surface area contributed by atoms with Crippen molar-refractivity contribution in [3.8, 4) is 11.3 Å². The molecule has 0 saturated carbocycles. The molecule has 1 aliphatic rings. The number of halogens is 2. The van der Waals surface area contributed by atoms with Crippen molar-refractivity contribution in [3.63, 3.8) is 0 Å². The number of benzene rings is 2. The Morgan fingerprint density at radius 1 is 1.00 bits per heavy atom. The summed E-state index contributed by atoms with van der Waals surface area (Å²) >= 11 is 12.2. The molecule has 1 aliphatic heterocycles. The number of amides is 1. The average Bonchev–Trinajstić information content (AvgIpc) is 2.78. The quantitative estimate of drug-likeness (QED) is 0.406. The number of aryl methyl sites for hydroxylation is 1. The van der Waals surface area contributed by atoms with Crippen LogP contribution in [0.15, 0.2) is 48.5 Å². The Morgan fingerprint density at radius 2 is 1.75 bits per heavy atom. The summed E-state index contributed by atoms with van der Waals surface area (Å²) in [7, 11) is 0. The molecular weight excluding hydrogens is 453 g/mol. The Kier molecular flexibility index (Phi) is 6.25. The van der Waals surface area contributed by atoms with Crippen molar-refractivity contribution < 1.29 is 9.72 Å². The molecule has 10 heteroatoms. The molecule has 2 heterocycles. The van der Waals surface area contributed by atoms with Crippen LogP contribution in [0.1, 0.15) is 15.9 Å². The van der Waals surface area contributed by atoms with Crippen LogP contribution in [0.3, 0.4) is 0 Å². The number of anilines is 1. The van der Waals surface area contributed by atoms with Crippen LogP contribution in [-0.2, 0) is 0 Å². The van der Waals surface area contributed by atoms with E-state index in [1.54, 1.807) is 36.1 Å². The second-order valence-electron chi connectivity index (χ2n) is 7.44. The molecule has 0 aliphatic carbocycles. The van der Waals surface area contributed by atoms with E-state index in [2.05, 4.69) is 15.1 Å². The van der Waals surface area contributed by atoms with Crippen LogP contribution in [0.2, 0.25) is 10.0 Å². The lowest BCUT2D eigenvalue weighted by Gasteiger charge is -2.35. The first-order valence-corrected chi connectivity index (χ1v) is 10.7. The van der Waals surface area contributed by atoms with E-state index in [-0.39, 0.29) is 11.6 Å². The molecule has 0 bridgehead atoms. The monoisotopic (exact) mass is 471 g/mol. The number of nitro groups is 1. The zero-order valence-electron chi connectivity index (χ0n) is 17.2. The molecule has 3 aromatic rings. The molecule has 8 nitrogen and oxygen atoms in total. The second-order valence-corrected chi connectivity index (χ2v) is 8.28. The standard InChI is InChI=1S/C22H19Cl2N5O3/c1-14-12-15(2-6-20(14)29(31)32)22(30)28-10-8-27(9-11-28)21-7-5-19(25-26-21)17-4-3-16(23)13-18(17)24/h2-7,12-13H,8-11H2,1H3. The van der Waals surface area contributed by atoms with Gasteiger partial charge in [-0.1, -0.05) is 23.2 Å². The summed E-state index contributed by atoms with van der Waals surface area (Å²) in [6, 6.07) is 13.4. The fourth-order valence-electron chi connectivity index (χ4n) is 3.65. The average molecular weight is 472 g/mol. The van der Waals surface area contributed by atoms with Gasteiger partial charge in [0, 0.05) is 54.0 Å². The minimum absolute atomic E-state index is 0.00767. The second kappa shape index (κ2) is 9.10. The van der Waals surface area contributed by atoms with E-state index < -0.39 is 4.92 Å². The smallest absolute Gasteiger partial charge is 0.272 e. The molecule has 1 amide bonds. The predicted molar refractivity (Wildman–Crippen MR) is 123 cm³/mol. The van der Waals surface area contributed by atoms with Crippen molar-refractivity contribution in [2.45, 2.75) is 6.92 Å². The van der Waals surface area contributed by atoms with Gasteiger partial charge in [-0.05, 0) is 49.4 Å². The number of nitro benzene ring substituents is 1. The summed E-state index contributed by atoms with van der Waals surface area (Å²) in [6.07, 6.45) is 0. The van der Waals surface area contributed by atoms with Crippen LogP contribution in [-0.4, -0.2) is 52.1 Å². The van der Waals surface area contributed by atoms with Gasteiger partial charge >= 0.3 is 0 Å². The maximum Gasteiger partial charge on any atom is 0.272 e. The summed E-state index contributed by atoms with van der Waals surface area (Å²) in [6.45, 7) is 3.87. The molecule has 1 saturated heterocycles. The molecule has 0 spiro atoms. The van der Waals surface area contributed by atoms with Crippen molar-refractivity contribution in [1.29, 1.82) is 0 Å². The molecule has 1 fully saturated rings. The highest BCUT2D eigenvalue weighted by Crippen LogP contribution is 2.29. The third kappa shape index (κ3) is 4.51. The molecule has 0 unspecified atom stereocenters. The minimum atomic E-state index is -0.449. The summed E-state index contributed by atoms with van der Waals surface area (Å²) in [5.74, 6) is 0.582. The van der Waals surface area contributed by atoms with Crippen molar-refractivity contribution in [2.75, 3.05) is 31.1 Å². The number of carbonyl (C=O) groups excluding carboxylic acids is 1. The van der Waals surface area contributed by atoms with Gasteiger partial charge in [0.1, 0.15) is 0 Å². The van der Waals surface area contributed by atoms with Gasteiger partial charge in [-0.3, -0.25) is 14.9 Å². The maximum atomic E-state index is 12.8. The van der Waals surface area contributed by atoms with Crippen molar-refractivity contribution >= 4 is 40.6 Å².